The van der Waals surface area contributed by atoms with E-state index in [1.807, 2.05) is 0 Å². The van der Waals surface area contributed by atoms with E-state index in [-0.39, 0.29) is 4.90 Å². The molecule has 1 aromatic heterocycles. The number of nitrogens with zero attached hydrogens (tertiary/aromatic N) is 2. The molecule has 1 saturated carbocycles. The van der Waals surface area contributed by atoms with Gasteiger partial charge in [0.05, 0.1) is 4.90 Å². The van der Waals surface area contributed by atoms with Crippen molar-refractivity contribution in [3.8, 4) is 11.5 Å². The van der Waals surface area contributed by atoms with E-state index < -0.39 is 10.0 Å². The maximum Gasteiger partial charge on any atom is 0.257 e. The number of rotatable bonds is 3. The summed E-state index contributed by atoms with van der Waals surface area (Å²) in [6.07, 6.45) is 2.20. The predicted molar refractivity (Wildman–Crippen MR) is 63.1 cm³/mol. The van der Waals surface area contributed by atoms with Crippen molar-refractivity contribution in [2.45, 2.75) is 23.7 Å². The molecule has 0 amide bonds. The predicted octanol–water partition coefficient (Wildman–Crippen LogP) is 1.26. The van der Waals surface area contributed by atoms with Crippen LogP contribution in [0.15, 0.2) is 33.7 Å². The fourth-order valence-corrected chi connectivity index (χ4v) is 2.16. The fourth-order valence-electron chi connectivity index (χ4n) is 1.65. The first-order chi connectivity index (χ1) is 8.54. The quantitative estimate of drug-likeness (QED) is 0.900. The van der Waals surface area contributed by atoms with Crippen molar-refractivity contribution >= 4 is 10.0 Å². The van der Waals surface area contributed by atoms with Gasteiger partial charge in [-0.15, -0.1) is 0 Å². The van der Waals surface area contributed by atoms with E-state index in [0.29, 0.717) is 17.4 Å². The highest BCUT2D eigenvalue weighted by atomic mass is 32.2. The zero-order valence-electron chi connectivity index (χ0n) is 9.41. The molecule has 1 aliphatic rings. The third kappa shape index (κ3) is 2.14. The Balaban J connectivity index is 1.91. The van der Waals surface area contributed by atoms with Crippen molar-refractivity contribution < 1.29 is 12.9 Å². The lowest BCUT2D eigenvalue weighted by molar-refractivity contribution is 0.422. The lowest BCUT2D eigenvalue weighted by atomic mass is 10.2. The molecule has 2 N–H and O–H groups in total. The minimum atomic E-state index is -3.67. The molecule has 7 heteroatoms. The molecule has 0 spiro atoms. The van der Waals surface area contributed by atoms with Gasteiger partial charge in [-0.05, 0) is 37.1 Å². The van der Waals surface area contributed by atoms with E-state index in [1.54, 1.807) is 12.1 Å². The number of primary sulfonamides is 1. The molecule has 1 aromatic carbocycles. The number of aromatic nitrogens is 2. The molecule has 0 aliphatic heterocycles. The molecule has 1 aliphatic carbocycles. The maximum absolute atomic E-state index is 11.1. The van der Waals surface area contributed by atoms with Gasteiger partial charge in [-0.3, -0.25) is 0 Å². The highest BCUT2D eigenvalue weighted by molar-refractivity contribution is 7.89. The minimum Gasteiger partial charge on any atom is -0.334 e. The number of sulfonamides is 1. The topological polar surface area (TPSA) is 99.1 Å². The summed E-state index contributed by atoms with van der Waals surface area (Å²) in [5, 5.41) is 8.92. The van der Waals surface area contributed by atoms with E-state index in [4.69, 9.17) is 9.66 Å². The number of nitrogens with two attached hydrogens (primary N) is 1. The van der Waals surface area contributed by atoms with Crippen LogP contribution in [0.3, 0.4) is 0 Å². The van der Waals surface area contributed by atoms with Gasteiger partial charge in [-0.2, -0.15) is 4.98 Å². The van der Waals surface area contributed by atoms with Gasteiger partial charge in [0, 0.05) is 11.5 Å². The van der Waals surface area contributed by atoms with Gasteiger partial charge in [0.2, 0.25) is 10.0 Å². The number of hydrogen-bond donors (Lipinski definition) is 1. The molecule has 94 valence electrons. The summed E-state index contributed by atoms with van der Waals surface area (Å²) in [5.41, 5.74) is 0.682. The van der Waals surface area contributed by atoms with Crippen LogP contribution in [-0.4, -0.2) is 18.6 Å². The lowest BCUT2D eigenvalue weighted by Crippen LogP contribution is -2.11. The average molecular weight is 265 g/mol. The molecule has 0 saturated heterocycles. The summed E-state index contributed by atoms with van der Waals surface area (Å²) < 4.78 is 27.4. The Labute approximate surface area is 104 Å². The second-order valence-electron chi connectivity index (χ2n) is 4.30. The smallest absolute Gasteiger partial charge is 0.257 e. The van der Waals surface area contributed by atoms with Crippen LogP contribution in [0, 0.1) is 0 Å². The highest BCUT2D eigenvalue weighted by Crippen LogP contribution is 2.38. The first-order valence-corrected chi connectivity index (χ1v) is 7.05. The average Bonchev–Trinajstić information content (AvgIpc) is 3.06. The Morgan fingerprint density at radius 3 is 2.44 bits per heavy atom. The fraction of sp³-hybridized carbons (Fsp3) is 0.273. The summed E-state index contributed by atoms with van der Waals surface area (Å²) in [6.45, 7) is 0. The monoisotopic (exact) mass is 265 g/mol. The molecule has 1 fully saturated rings. The second kappa shape index (κ2) is 3.89. The SMILES string of the molecule is NS(=O)(=O)c1ccc(-c2nc(C3CC3)no2)cc1. The van der Waals surface area contributed by atoms with E-state index >= 15 is 0 Å². The van der Waals surface area contributed by atoms with Crippen LogP contribution < -0.4 is 5.14 Å². The third-order valence-corrected chi connectivity index (χ3v) is 3.74. The molecule has 1 heterocycles. The Kier molecular flexibility index (Phi) is 2.46. The highest BCUT2D eigenvalue weighted by Gasteiger charge is 2.28. The van der Waals surface area contributed by atoms with Gasteiger partial charge < -0.3 is 4.52 Å². The minimum absolute atomic E-state index is 0.0631. The summed E-state index contributed by atoms with van der Waals surface area (Å²) in [7, 11) is -3.67. The molecule has 0 radical (unpaired) electrons. The maximum atomic E-state index is 11.1. The first kappa shape index (κ1) is 11.4. The van der Waals surface area contributed by atoms with E-state index in [2.05, 4.69) is 10.1 Å². The van der Waals surface area contributed by atoms with Crippen LogP contribution in [0.5, 0.6) is 0 Å². The largest absolute Gasteiger partial charge is 0.334 e. The van der Waals surface area contributed by atoms with E-state index in [9.17, 15) is 8.42 Å². The van der Waals surface area contributed by atoms with Gasteiger partial charge in [0.25, 0.3) is 5.89 Å². The van der Waals surface area contributed by atoms with Gasteiger partial charge in [-0.1, -0.05) is 5.16 Å². The molecule has 3 rings (SSSR count). The first-order valence-electron chi connectivity index (χ1n) is 5.51. The Morgan fingerprint density at radius 1 is 1.22 bits per heavy atom. The second-order valence-corrected chi connectivity index (χ2v) is 5.86. The van der Waals surface area contributed by atoms with Crippen molar-refractivity contribution in [1.82, 2.24) is 10.1 Å². The zero-order valence-corrected chi connectivity index (χ0v) is 10.2. The van der Waals surface area contributed by atoms with Gasteiger partial charge in [0.1, 0.15) is 0 Å². The van der Waals surface area contributed by atoms with Gasteiger partial charge >= 0.3 is 0 Å². The number of hydrogen-bond acceptors (Lipinski definition) is 5. The molecular weight excluding hydrogens is 254 g/mol. The molecule has 0 bridgehead atoms. The lowest BCUT2D eigenvalue weighted by Gasteiger charge is -1.98. The van der Waals surface area contributed by atoms with Crippen LogP contribution in [0.25, 0.3) is 11.5 Å². The Morgan fingerprint density at radius 2 is 1.89 bits per heavy atom. The Hall–Kier alpha value is -1.73. The van der Waals surface area contributed by atoms with E-state index in [0.717, 1.165) is 18.7 Å². The van der Waals surface area contributed by atoms with Crippen molar-refractivity contribution in [1.29, 1.82) is 0 Å². The zero-order chi connectivity index (χ0) is 12.8. The van der Waals surface area contributed by atoms with Crippen LogP contribution in [0.4, 0.5) is 0 Å². The summed E-state index contributed by atoms with van der Waals surface area (Å²) in [5.74, 6) is 1.55. The number of benzene rings is 1. The van der Waals surface area contributed by atoms with Crippen molar-refractivity contribution in [3.05, 3.63) is 30.1 Å². The van der Waals surface area contributed by atoms with Gasteiger partial charge in [-0.25, -0.2) is 13.6 Å². The Bertz CT molecular complexity index is 672. The summed E-state index contributed by atoms with van der Waals surface area (Å²) in [4.78, 5) is 4.34. The van der Waals surface area contributed by atoms with Crippen LogP contribution in [-0.2, 0) is 10.0 Å². The molecule has 18 heavy (non-hydrogen) atoms. The van der Waals surface area contributed by atoms with Gasteiger partial charge in [0.15, 0.2) is 5.82 Å². The van der Waals surface area contributed by atoms with Crippen molar-refractivity contribution in [2.24, 2.45) is 5.14 Å². The molecular formula is C11H11N3O3S. The molecule has 0 atom stereocenters. The van der Waals surface area contributed by atoms with Crippen LogP contribution in [0.2, 0.25) is 0 Å². The normalized spacial score (nSPS) is 15.8. The standard InChI is InChI=1S/C11H11N3O3S/c12-18(15,16)9-5-3-8(4-6-9)11-13-10(14-17-11)7-1-2-7/h3-7H,1-2H2,(H2,12,15,16). The van der Waals surface area contributed by atoms with Crippen molar-refractivity contribution in [3.63, 3.8) is 0 Å². The molecule has 6 nitrogen and oxygen atoms in total. The van der Waals surface area contributed by atoms with Crippen molar-refractivity contribution in [2.75, 3.05) is 0 Å². The third-order valence-electron chi connectivity index (χ3n) is 2.81. The molecule has 2 aromatic rings. The van der Waals surface area contributed by atoms with Crippen LogP contribution in [0.1, 0.15) is 24.6 Å². The van der Waals surface area contributed by atoms with E-state index in [1.165, 1.54) is 12.1 Å². The summed E-state index contributed by atoms with van der Waals surface area (Å²) >= 11 is 0. The molecule has 0 unspecified atom stereocenters. The van der Waals surface area contributed by atoms with Crippen LogP contribution >= 0.6 is 0 Å². The summed E-state index contributed by atoms with van der Waals surface area (Å²) in [6, 6.07) is 6.05.